The summed E-state index contributed by atoms with van der Waals surface area (Å²) in [5.41, 5.74) is 4.96. The first-order valence-electron chi connectivity index (χ1n) is 9.74. The van der Waals surface area contributed by atoms with Crippen molar-refractivity contribution in [2.75, 3.05) is 11.6 Å². The number of carbonyl (C=O) groups is 1. The molecule has 1 atom stereocenters. The van der Waals surface area contributed by atoms with E-state index < -0.39 is 0 Å². The van der Waals surface area contributed by atoms with Gasteiger partial charge in [-0.15, -0.1) is 0 Å². The van der Waals surface area contributed by atoms with E-state index in [1.165, 1.54) is 0 Å². The highest BCUT2D eigenvalue weighted by Crippen LogP contribution is 2.36. The van der Waals surface area contributed by atoms with Gasteiger partial charge in [0.2, 0.25) is 0 Å². The SMILES string of the molecule is CCOC(=O)c1ccc(C2=NN(c3ccc(C#N)cc3)C(c3cccnc3)C2)cc1. The first-order valence-corrected chi connectivity index (χ1v) is 9.74. The lowest BCUT2D eigenvalue weighted by molar-refractivity contribution is 0.0526. The third kappa shape index (κ3) is 3.91. The van der Waals surface area contributed by atoms with Crippen molar-refractivity contribution in [2.24, 2.45) is 5.10 Å². The van der Waals surface area contributed by atoms with E-state index in [0.29, 0.717) is 24.2 Å². The highest BCUT2D eigenvalue weighted by atomic mass is 16.5. The predicted molar refractivity (Wildman–Crippen MR) is 114 cm³/mol. The van der Waals surface area contributed by atoms with Gasteiger partial charge in [-0.05, 0) is 60.5 Å². The van der Waals surface area contributed by atoms with Crippen LogP contribution < -0.4 is 5.01 Å². The summed E-state index contributed by atoms with van der Waals surface area (Å²) in [7, 11) is 0. The zero-order valence-corrected chi connectivity index (χ0v) is 16.5. The monoisotopic (exact) mass is 396 g/mol. The van der Waals surface area contributed by atoms with Crippen LogP contribution in [-0.4, -0.2) is 23.3 Å². The van der Waals surface area contributed by atoms with Crippen molar-refractivity contribution >= 4 is 17.4 Å². The minimum Gasteiger partial charge on any atom is -0.462 e. The molecule has 6 nitrogen and oxygen atoms in total. The summed E-state index contributed by atoms with van der Waals surface area (Å²) < 4.78 is 5.05. The number of benzene rings is 2. The van der Waals surface area contributed by atoms with Gasteiger partial charge in [0.1, 0.15) is 0 Å². The molecule has 2 aromatic carbocycles. The molecule has 0 N–H and O–H groups in total. The van der Waals surface area contributed by atoms with E-state index in [1.807, 2.05) is 47.6 Å². The minimum atomic E-state index is -0.329. The van der Waals surface area contributed by atoms with Crippen molar-refractivity contribution in [3.05, 3.63) is 95.3 Å². The zero-order valence-electron chi connectivity index (χ0n) is 16.5. The first-order chi connectivity index (χ1) is 14.7. The molecule has 0 amide bonds. The van der Waals surface area contributed by atoms with Crippen LogP contribution in [-0.2, 0) is 4.74 Å². The standard InChI is InChI=1S/C24H20N4O2/c1-2-30-24(29)19-9-7-18(8-10-19)22-14-23(20-4-3-13-26-16-20)28(27-22)21-11-5-17(15-25)6-12-21/h3-13,16,23H,2,14H2,1H3. The maximum Gasteiger partial charge on any atom is 0.338 e. The van der Waals surface area contributed by atoms with Gasteiger partial charge in [0.15, 0.2) is 0 Å². The molecule has 1 aliphatic rings. The van der Waals surface area contributed by atoms with Crippen LogP contribution in [0.2, 0.25) is 0 Å². The number of nitrogens with zero attached hydrogens (tertiary/aromatic N) is 4. The first kappa shape index (κ1) is 19.3. The fourth-order valence-electron chi connectivity index (χ4n) is 3.46. The van der Waals surface area contributed by atoms with Crippen molar-refractivity contribution in [2.45, 2.75) is 19.4 Å². The van der Waals surface area contributed by atoms with Gasteiger partial charge >= 0.3 is 5.97 Å². The van der Waals surface area contributed by atoms with E-state index in [2.05, 4.69) is 11.1 Å². The van der Waals surface area contributed by atoms with Gasteiger partial charge in [-0.1, -0.05) is 18.2 Å². The Kier molecular flexibility index (Phi) is 5.53. The van der Waals surface area contributed by atoms with Crippen molar-refractivity contribution in [3.63, 3.8) is 0 Å². The molecule has 2 heterocycles. The van der Waals surface area contributed by atoms with Gasteiger partial charge in [-0.25, -0.2) is 4.79 Å². The summed E-state index contributed by atoms with van der Waals surface area (Å²) in [4.78, 5) is 16.2. The van der Waals surface area contributed by atoms with Crippen LogP contribution in [0.1, 0.15) is 46.4 Å². The summed E-state index contributed by atoms with van der Waals surface area (Å²) in [5.74, 6) is -0.329. The average molecular weight is 396 g/mol. The maximum absolute atomic E-state index is 11.9. The van der Waals surface area contributed by atoms with Gasteiger partial charge < -0.3 is 4.74 Å². The molecule has 0 aliphatic carbocycles. The number of anilines is 1. The lowest BCUT2D eigenvalue weighted by atomic mass is 9.98. The molecule has 0 bridgehead atoms. The lowest BCUT2D eigenvalue weighted by Crippen LogP contribution is -2.18. The van der Waals surface area contributed by atoms with E-state index in [0.717, 1.165) is 22.5 Å². The number of hydrogen-bond donors (Lipinski definition) is 0. The zero-order chi connectivity index (χ0) is 20.9. The van der Waals surface area contributed by atoms with Crippen LogP contribution in [0, 0.1) is 11.3 Å². The summed E-state index contributed by atoms with van der Waals surface area (Å²) in [5, 5.41) is 15.9. The Bertz CT molecular complexity index is 1100. The van der Waals surface area contributed by atoms with E-state index in [9.17, 15) is 4.79 Å². The smallest absolute Gasteiger partial charge is 0.338 e. The maximum atomic E-state index is 11.9. The molecule has 0 fully saturated rings. The lowest BCUT2D eigenvalue weighted by Gasteiger charge is -2.23. The molecule has 0 radical (unpaired) electrons. The van der Waals surface area contributed by atoms with Crippen LogP contribution in [0.5, 0.6) is 0 Å². The van der Waals surface area contributed by atoms with Crippen LogP contribution in [0.25, 0.3) is 0 Å². The van der Waals surface area contributed by atoms with Crippen LogP contribution in [0.4, 0.5) is 5.69 Å². The number of hydrogen-bond acceptors (Lipinski definition) is 6. The number of ether oxygens (including phenoxy) is 1. The average Bonchev–Trinajstić information content (AvgIpc) is 3.25. The van der Waals surface area contributed by atoms with Crippen LogP contribution in [0.15, 0.2) is 78.2 Å². The fourth-order valence-corrected chi connectivity index (χ4v) is 3.46. The number of esters is 1. The number of rotatable bonds is 5. The molecule has 0 saturated carbocycles. The van der Waals surface area contributed by atoms with Crippen molar-refractivity contribution in [3.8, 4) is 6.07 Å². The molecule has 3 aromatic rings. The summed E-state index contributed by atoms with van der Waals surface area (Å²) in [6.45, 7) is 2.13. The molecule has 1 aliphatic heterocycles. The summed E-state index contributed by atoms with van der Waals surface area (Å²) in [6, 6.07) is 20.8. The van der Waals surface area contributed by atoms with Crippen molar-refractivity contribution in [1.82, 2.24) is 4.98 Å². The second-order valence-corrected chi connectivity index (χ2v) is 6.85. The molecule has 6 heteroatoms. The Hall–Kier alpha value is -3.98. The second-order valence-electron chi connectivity index (χ2n) is 6.85. The number of carbonyl (C=O) groups excluding carboxylic acids is 1. The predicted octanol–water partition coefficient (Wildman–Crippen LogP) is 4.49. The molecular formula is C24H20N4O2. The normalized spacial score (nSPS) is 15.4. The topological polar surface area (TPSA) is 78.6 Å². The molecule has 1 aromatic heterocycles. The third-order valence-corrected chi connectivity index (χ3v) is 4.97. The molecular weight excluding hydrogens is 376 g/mol. The second kappa shape index (κ2) is 8.58. The number of aromatic nitrogens is 1. The summed E-state index contributed by atoms with van der Waals surface area (Å²) >= 11 is 0. The molecule has 30 heavy (non-hydrogen) atoms. The Morgan fingerprint density at radius 3 is 2.57 bits per heavy atom. The van der Waals surface area contributed by atoms with Gasteiger partial charge in [0.25, 0.3) is 0 Å². The fraction of sp³-hybridized carbons (Fsp3) is 0.167. The van der Waals surface area contributed by atoms with Gasteiger partial charge in [-0.3, -0.25) is 9.99 Å². The molecule has 148 valence electrons. The largest absolute Gasteiger partial charge is 0.462 e. The van der Waals surface area contributed by atoms with Crippen LogP contribution >= 0.6 is 0 Å². The third-order valence-electron chi connectivity index (χ3n) is 4.97. The quantitative estimate of drug-likeness (QED) is 0.594. The highest BCUT2D eigenvalue weighted by Gasteiger charge is 2.30. The van der Waals surface area contributed by atoms with Crippen molar-refractivity contribution < 1.29 is 9.53 Å². The van der Waals surface area contributed by atoms with E-state index in [1.54, 1.807) is 37.4 Å². The van der Waals surface area contributed by atoms with E-state index in [4.69, 9.17) is 15.1 Å². The molecule has 0 saturated heterocycles. The Morgan fingerprint density at radius 2 is 1.93 bits per heavy atom. The number of hydrazone groups is 1. The van der Waals surface area contributed by atoms with E-state index >= 15 is 0 Å². The van der Waals surface area contributed by atoms with E-state index in [-0.39, 0.29) is 12.0 Å². The Labute approximate surface area is 175 Å². The van der Waals surface area contributed by atoms with Crippen molar-refractivity contribution in [1.29, 1.82) is 5.26 Å². The molecule has 4 rings (SSSR count). The highest BCUT2D eigenvalue weighted by molar-refractivity contribution is 6.04. The van der Waals surface area contributed by atoms with Gasteiger partial charge in [-0.2, -0.15) is 10.4 Å². The van der Waals surface area contributed by atoms with Crippen LogP contribution in [0.3, 0.4) is 0 Å². The van der Waals surface area contributed by atoms with Gasteiger partial charge in [0.05, 0.1) is 41.2 Å². The number of pyridine rings is 1. The Morgan fingerprint density at radius 1 is 1.17 bits per heavy atom. The summed E-state index contributed by atoms with van der Waals surface area (Å²) in [6.07, 6.45) is 4.30. The molecule has 0 spiro atoms. The minimum absolute atomic E-state index is 0.00799. The molecule has 1 unspecified atom stereocenters. The Balaban J connectivity index is 1.66. The number of nitriles is 1. The van der Waals surface area contributed by atoms with Gasteiger partial charge in [0, 0.05) is 18.8 Å².